The molecule has 112 valence electrons. The summed E-state index contributed by atoms with van der Waals surface area (Å²) in [7, 11) is 0. The van der Waals surface area contributed by atoms with Crippen LogP contribution in [0.25, 0.3) is 0 Å². The average Bonchev–Trinajstić information content (AvgIpc) is 2.50. The zero-order chi connectivity index (χ0) is 15.4. The van der Waals surface area contributed by atoms with E-state index in [0.29, 0.717) is 0 Å². The fourth-order valence-corrected chi connectivity index (χ4v) is 2.59. The number of benzene rings is 2. The van der Waals surface area contributed by atoms with Gasteiger partial charge in [0.15, 0.2) is 0 Å². The quantitative estimate of drug-likeness (QED) is 0.871. The molecule has 0 fully saturated rings. The van der Waals surface area contributed by atoms with Crippen LogP contribution in [-0.4, -0.2) is 0 Å². The predicted molar refractivity (Wildman–Crippen MR) is 82.2 cm³/mol. The molecule has 0 amide bonds. The first-order valence-electron chi connectivity index (χ1n) is 7.37. The van der Waals surface area contributed by atoms with Gasteiger partial charge in [0.1, 0.15) is 11.6 Å². The molecular formula is C18H21F2N. The third kappa shape index (κ3) is 3.48. The first-order chi connectivity index (χ1) is 10.1. The maximum absolute atomic E-state index is 13.8. The molecule has 2 aromatic carbocycles. The van der Waals surface area contributed by atoms with Crippen molar-refractivity contribution in [3.8, 4) is 0 Å². The van der Waals surface area contributed by atoms with Crippen LogP contribution >= 0.6 is 0 Å². The van der Waals surface area contributed by atoms with E-state index in [1.165, 1.54) is 23.8 Å². The van der Waals surface area contributed by atoms with Gasteiger partial charge in [-0.15, -0.1) is 0 Å². The summed E-state index contributed by atoms with van der Waals surface area (Å²) in [6, 6.07) is 9.71. The molecule has 2 rings (SSSR count). The van der Waals surface area contributed by atoms with Crippen LogP contribution in [0.3, 0.4) is 0 Å². The van der Waals surface area contributed by atoms with Crippen molar-refractivity contribution in [2.75, 3.05) is 0 Å². The second-order valence-corrected chi connectivity index (χ2v) is 5.25. The van der Waals surface area contributed by atoms with Gasteiger partial charge in [-0.05, 0) is 48.1 Å². The maximum Gasteiger partial charge on any atom is 0.129 e. The minimum absolute atomic E-state index is 0.0638. The van der Waals surface area contributed by atoms with Crippen LogP contribution in [0, 0.1) is 11.6 Å². The van der Waals surface area contributed by atoms with E-state index in [9.17, 15) is 8.78 Å². The highest BCUT2D eigenvalue weighted by Crippen LogP contribution is 2.24. The summed E-state index contributed by atoms with van der Waals surface area (Å²) in [5.74, 6) is -1.06. The number of hydrogen-bond donors (Lipinski definition) is 1. The lowest BCUT2D eigenvalue weighted by Crippen LogP contribution is -2.17. The van der Waals surface area contributed by atoms with Crippen molar-refractivity contribution >= 4 is 0 Å². The minimum Gasteiger partial charge on any atom is -0.324 e. The Kier molecular flexibility index (Phi) is 5.07. The molecule has 2 N–H and O–H groups in total. The third-order valence-corrected chi connectivity index (χ3v) is 3.88. The fraction of sp³-hybridized carbons (Fsp3) is 0.333. The number of rotatable bonds is 5. The van der Waals surface area contributed by atoms with Crippen LogP contribution < -0.4 is 5.73 Å². The molecule has 0 heterocycles. The maximum atomic E-state index is 13.8. The highest BCUT2D eigenvalue weighted by atomic mass is 19.1. The molecule has 3 heteroatoms. The highest BCUT2D eigenvalue weighted by molar-refractivity contribution is 5.36. The lowest BCUT2D eigenvalue weighted by molar-refractivity contribution is 0.539. The lowest BCUT2D eigenvalue weighted by Gasteiger charge is -2.18. The second-order valence-electron chi connectivity index (χ2n) is 5.25. The van der Waals surface area contributed by atoms with Crippen molar-refractivity contribution in [1.29, 1.82) is 0 Å². The normalized spacial score (nSPS) is 12.4. The van der Waals surface area contributed by atoms with Crippen LogP contribution in [0.2, 0.25) is 0 Å². The number of aryl methyl sites for hydroxylation is 2. The molecule has 0 aliphatic carbocycles. The summed E-state index contributed by atoms with van der Waals surface area (Å²) in [6.07, 6.45) is 1.93. The first kappa shape index (κ1) is 15.6. The first-order valence-corrected chi connectivity index (χ1v) is 7.37. The van der Waals surface area contributed by atoms with Gasteiger partial charge in [-0.3, -0.25) is 0 Å². The lowest BCUT2D eigenvalue weighted by atomic mass is 9.92. The van der Waals surface area contributed by atoms with Crippen LogP contribution in [-0.2, 0) is 19.3 Å². The van der Waals surface area contributed by atoms with Crippen LogP contribution in [0.15, 0.2) is 36.4 Å². The summed E-state index contributed by atoms with van der Waals surface area (Å²) in [5.41, 5.74) is 9.60. The summed E-state index contributed by atoms with van der Waals surface area (Å²) in [5, 5.41) is 0. The van der Waals surface area contributed by atoms with Gasteiger partial charge in [-0.2, -0.15) is 0 Å². The van der Waals surface area contributed by atoms with Crippen LogP contribution in [0.1, 0.15) is 42.1 Å². The van der Waals surface area contributed by atoms with Crippen molar-refractivity contribution in [3.05, 3.63) is 70.3 Å². The molecule has 1 unspecified atom stereocenters. The molecule has 0 aliphatic rings. The molecule has 0 aromatic heterocycles. The molecule has 0 bridgehead atoms. The zero-order valence-corrected chi connectivity index (χ0v) is 12.5. The second kappa shape index (κ2) is 6.81. The average molecular weight is 289 g/mol. The van der Waals surface area contributed by atoms with Crippen molar-refractivity contribution < 1.29 is 8.78 Å². The van der Waals surface area contributed by atoms with Crippen molar-refractivity contribution in [2.24, 2.45) is 5.73 Å². The van der Waals surface area contributed by atoms with Gasteiger partial charge in [-0.25, -0.2) is 8.78 Å². The SMILES string of the molecule is CCc1ccc(CC)c(C(N)Cc2c(F)cccc2F)c1. The van der Waals surface area contributed by atoms with E-state index in [-0.39, 0.29) is 12.0 Å². The van der Waals surface area contributed by atoms with Crippen molar-refractivity contribution in [1.82, 2.24) is 0 Å². The van der Waals surface area contributed by atoms with E-state index >= 15 is 0 Å². The molecule has 0 saturated carbocycles. The molecule has 1 atom stereocenters. The number of nitrogens with two attached hydrogens (primary N) is 1. The molecule has 2 aromatic rings. The van der Waals surface area contributed by atoms with Gasteiger partial charge >= 0.3 is 0 Å². The Hall–Kier alpha value is -1.74. The largest absolute Gasteiger partial charge is 0.324 e. The fourth-order valence-electron chi connectivity index (χ4n) is 2.59. The third-order valence-electron chi connectivity index (χ3n) is 3.88. The van der Waals surface area contributed by atoms with E-state index in [0.717, 1.165) is 24.0 Å². The van der Waals surface area contributed by atoms with Crippen molar-refractivity contribution in [3.63, 3.8) is 0 Å². The monoisotopic (exact) mass is 289 g/mol. The summed E-state index contributed by atoms with van der Waals surface area (Å²) in [4.78, 5) is 0. The highest BCUT2D eigenvalue weighted by Gasteiger charge is 2.16. The number of hydrogen-bond acceptors (Lipinski definition) is 1. The predicted octanol–water partition coefficient (Wildman–Crippen LogP) is 4.33. The van der Waals surface area contributed by atoms with Gasteiger partial charge in [0.2, 0.25) is 0 Å². The van der Waals surface area contributed by atoms with E-state index in [1.54, 1.807) is 0 Å². The number of halogens is 2. The van der Waals surface area contributed by atoms with E-state index in [2.05, 4.69) is 32.0 Å². The molecular weight excluding hydrogens is 268 g/mol. The van der Waals surface area contributed by atoms with Crippen LogP contribution in [0.5, 0.6) is 0 Å². The molecule has 0 saturated heterocycles. The van der Waals surface area contributed by atoms with Gasteiger partial charge < -0.3 is 5.73 Å². The van der Waals surface area contributed by atoms with E-state index in [4.69, 9.17) is 5.73 Å². The van der Waals surface area contributed by atoms with Gasteiger partial charge in [0.05, 0.1) is 0 Å². The molecule has 21 heavy (non-hydrogen) atoms. The zero-order valence-electron chi connectivity index (χ0n) is 12.5. The van der Waals surface area contributed by atoms with E-state index < -0.39 is 17.7 Å². The Balaban J connectivity index is 2.33. The van der Waals surface area contributed by atoms with Gasteiger partial charge in [0, 0.05) is 11.6 Å². The molecule has 0 aliphatic heterocycles. The van der Waals surface area contributed by atoms with Gasteiger partial charge in [0.25, 0.3) is 0 Å². The molecule has 1 nitrogen and oxygen atoms in total. The topological polar surface area (TPSA) is 26.0 Å². The van der Waals surface area contributed by atoms with Crippen LogP contribution in [0.4, 0.5) is 8.78 Å². The summed E-state index contributed by atoms with van der Waals surface area (Å²) in [6.45, 7) is 4.13. The smallest absolute Gasteiger partial charge is 0.129 e. The molecule has 0 radical (unpaired) electrons. The summed E-state index contributed by atoms with van der Waals surface area (Å²) >= 11 is 0. The van der Waals surface area contributed by atoms with Crippen molar-refractivity contribution in [2.45, 2.75) is 39.2 Å². The Labute approximate surface area is 124 Å². The summed E-state index contributed by atoms with van der Waals surface area (Å²) < 4.78 is 27.5. The molecule has 0 spiro atoms. The Bertz CT molecular complexity index is 602. The minimum atomic E-state index is -0.532. The standard InChI is InChI=1S/C18H21F2N/c1-3-12-8-9-13(4-2)14(10-12)18(21)11-15-16(19)6-5-7-17(15)20/h5-10,18H,3-4,11,21H2,1-2H3. The Morgan fingerprint density at radius 2 is 1.67 bits per heavy atom. The van der Waals surface area contributed by atoms with E-state index in [1.807, 2.05) is 0 Å². The van der Waals surface area contributed by atoms with Gasteiger partial charge in [-0.1, -0.05) is 38.1 Å². The Morgan fingerprint density at radius 1 is 1.00 bits per heavy atom. The Morgan fingerprint density at radius 3 is 2.24 bits per heavy atom.